The predicted molar refractivity (Wildman–Crippen MR) is 77.0 cm³/mol. The first kappa shape index (κ1) is 12.8. The Kier molecular flexibility index (Phi) is 3.23. The zero-order valence-electron chi connectivity index (χ0n) is 10.8. The first-order valence-corrected chi connectivity index (χ1v) is 6.45. The summed E-state index contributed by atoms with van der Waals surface area (Å²) in [5.74, 6) is 0.270. The lowest BCUT2D eigenvalue weighted by Gasteiger charge is -2.06. The van der Waals surface area contributed by atoms with Gasteiger partial charge in [-0.15, -0.1) is 0 Å². The molecule has 0 aliphatic rings. The van der Waals surface area contributed by atoms with Crippen molar-refractivity contribution in [3.63, 3.8) is 0 Å². The fraction of sp³-hybridized carbons (Fsp3) is 0.143. The first-order valence-electron chi connectivity index (χ1n) is 6.04. The van der Waals surface area contributed by atoms with Crippen molar-refractivity contribution in [3.8, 4) is 5.88 Å². The normalized spacial score (nSPS) is 10.9. The van der Waals surface area contributed by atoms with Gasteiger partial charge in [-0.25, -0.2) is 9.37 Å². The van der Waals surface area contributed by atoms with Crippen LogP contribution in [0.2, 0.25) is 0 Å². The predicted octanol–water partition coefficient (Wildman–Crippen LogP) is 3.29. The lowest BCUT2D eigenvalue weighted by molar-refractivity contribution is 0.397. The molecule has 0 amide bonds. The number of fused-ring (bicyclic) bond motifs is 1. The van der Waals surface area contributed by atoms with Gasteiger partial charge in [0.2, 0.25) is 5.88 Å². The highest BCUT2D eigenvalue weighted by Crippen LogP contribution is 2.18. The molecule has 0 saturated carbocycles. The van der Waals surface area contributed by atoms with Crippen molar-refractivity contribution >= 4 is 23.3 Å². The number of hydrogen-bond acceptors (Lipinski definition) is 3. The average Bonchev–Trinajstić information content (AvgIpc) is 2.74. The molecular formula is C14H12FN3OS. The van der Waals surface area contributed by atoms with Gasteiger partial charge in [0, 0.05) is 12.3 Å². The molecule has 102 valence electrons. The number of aromatic amines is 1. The lowest BCUT2D eigenvalue weighted by Crippen LogP contribution is -2.00. The van der Waals surface area contributed by atoms with E-state index in [1.54, 1.807) is 19.4 Å². The number of imidazole rings is 1. The number of pyridine rings is 1. The molecule has 2 aromatic heterocycles. The second-order valence-corrected chi connectivity index (χ2v) is 4.77. The molecule has 20 heavy (non-hydrogen) atoms. The van der Waals surface area contributed by atoms with Gasteiger partial charge >= 0.3 is 0 Å². The Hall–Kier alpha value is -2.21. The number of ether oxygens (including phenoxy) is 1. The van der Waals surface area contributed by atoms with E-state index in [4.69, 9.17) is 17.0 Å². The standard InChI is InChI=1S/C14H12FN3OS/c1-19-13-6-9(4-5-16-13)8-18-12-3-2-10(15)7-11(12)17-14(18)20/h2-7H,8H2,1H3,(H,17,20). The summed E-state index contributed by atoms with van der Waals surface area (Å²) in [6.07, 6.45) is 1.69. The molecule has 3 aromatic rings. The molecule has 2 heterocycles. The topological polar surface area (TPSA) is 42.8 Å². The highest BCUT2D eigenvalue weighted by Gasteiger charge is 2.07. The number of nitrogens with zero attached hydrogens (tertiary/aromatic N) is 2. The van der Waals surface area contributed by atoms with Crippen LogP contribution in [0.15, 0.2) is 36.5 Å². The van der Waals surface area contributed by atoms with Crippen LogP contribution in [0, 0.1) is 10.6 Å². The van der Waals surface area contributed by atoms with Crippen molar-refractivity contribution < 1.29 is 9.13 Å². The van der Waals surface area contributed by atoms with Crippen molar-refractivity contribution in [2.24, 2.45) is 0 Å². The number of rotatable bonds is 3. The quantitative estimate of drug-likeness (QED) is 0.752. The molecule has 3 rings (SSSR count). The van der Waals surface area contributed by atoms with Gasteiger partial charge in [-0.3, -0.25) is 0 Å². The van der Waals surface area contributed by atoms with E-state index in [-0.39, 0.29) is 5.82 Å². The van der Waals surface area contributed by atoms with Crippen LogP contribution in [0.1, 0.15) is 5.56 Å². The van der Waals surface area contributed by atoms with Crippen LogP contribution in [0.3, 0.4) is 0 Å². The van der Waals surface area contributed by atoms with E-state index < -0.39 is 0 Å². The fourth-order valence-corrected chi connectivity index (χ4v) is 2.41. The minimum absolute atomic E-state index is 0.286. The lowest BCUT2D eigenvalue weighted by atomic mass is 10.2. The molecule has 0 atom stereocenters. The molecule has 0 aliphatic heterocycles. The summed E-state index contributed by atoms with van der Waals surface area (Å²) in [4.78, 5) is 7.08. The summed E-state index contributed by atoms with van der Waals surface area (Å²) in [6, 6.07) is 8.33. The Morgan fingerprint density at radius 3 is 3.00 bits per heavy atom. The second-order valence-electron chi connectivity index (χ2n) is 4.38. The maximum absolute atomic E-state index is 13.2. The van der Waals surface area contributed by atoms with Gasteiger partial charge in [0.1, 0.15) is 5.82 Å². The SMILES string of the molecule is COc1cc(Cn2c(=S)[nH]c3cc(F)ccc32)ccn1. The average molecular weight is 289 g/mol. The van der Waals surface area contributed by atoms with Gasteiger partial charge in [0.15, 0.2) is 4.77 Å². The molecule has 6 heteroatoms. The molecule has 0 radical (unpaired) electrons. The van der Waals surface area contributed by atoms with Crippen LogP contribution >= 0.6 is 12.2 Å². The van der Waals surface area contributed by atoms with E-state index in [1.807, 2.05) is 16.7 Å². The molecule has 1 aromatic carbocycles. The second kappa shape index (κ2) is 5.05. The molecule has 0 unspecified atom stereocenters. The third kappa shape index (κ3) is 2.30. The van der Waals surface area contributed by atoms with Crippen LogP contribution in [0.5, 0.6) is 5.88 Å². The Bertz CT molecular complexity index is 825. The Labute approximate surface area is 119 Å². The van der Waals surface area contributed by atoms with Crippen molar-refractivity contribution in [2.45, 2.75) is 6.54 Å². The van der Waals surface area contributed by atoms with Gasteiger partial charge in [-0.2, -0.15) is 0 Å². The molecular weight excluding hydrogens is 277 g/mol. The third-order valence-electron chi connectivity index (χ3n) is 3.09. The smallest absolute Gasteiger partial charge is 0.213 e. The number of aromatic nitrogens is 3. The highest BCUT2D eigenvalue weighted by atomic mass is 32.1. The third-order valence-corrected chi connectivity index (χ3v) is 3.41. The van der Waals surface area contributed by atoms with Gasteiger partial charge in [-0.1, -0.05) is 0 Å². The molecule has 0 fully saturated rings. The number of nitrogens with one attached hydrogen (secondary N) is 1. The fourth-order valence-electron chi connectivity index (χ4n) is 2.14. The first-order chi connectivity index (χ1) is 9.67. The van der Waals surface area contributed by atoms with Crippen LogP contribution in [-0.2, 0) is 6.54 Å². The monoisotopic (exact) mass is 289 g/mol. The van der Waals surface area contributed by atoms with Crippen molar-refractivity contribution in [3.05, 3.63) is 52.7 Å². The molecule has 0 aliphatic carbocycles. The maximum atomic E-state index is 13.2. The van der Waals surface area contributed by atoms with Gasteiger partial charge < -0.3 is 14.3 Å². The Morgan fingerprint density at radius 1 is 1.35 bits per heavy atom. The minimum Gasteiger partial charge on any atom is -0.481 e. The number of benzene rings is 1. The summed E-state index contributed by atoms with van der Waals surface area (Å²) >= 11 is 5.29. The summed E-state index contributed by atoms with van der Waals surface area (Å²) in [6.45, 7) is 0.573. The van der Waals surface area contributed by atoms with Crippen LogP contribution in [-0.4, -0.2) is 21.6 Å². The zero-order chi connectivity index (χ0) is 14.1. The van der Waals surface area contributed by atoms with E-state index >= 15 is 0 Å². The van der Waals surface area contributed by atoms with E-state index in [9.17, 15) is 4.39 Å². The largest absolute Gasteiger partial charge is 0.481 e. The molecule has 1 N–H and O–H groups in total. The van der Waals surface area contributed by atoms with E-state index in [2.05, 4.69) is 9.97 Å². The van der Waals surface area contributed by atoms with Crippen LogP contribution in [0.25, 0.3) is 11.0 Å². The number of halogens is 1. The molecule has 4 nitrogen and oxygen atoms in total. The highest BCUT2D eigenvalue weighted by molar-refractivity contribution is 7.71. The Balaban J connectivity index is 2.06. The molecule has 0 bridgehead atoms. The van der Waals surface area contributed by atoms with Crippen molar-refractivity contribution in [1.29, 1.82) is 0 Å². The number of H-pyrrole nitrogens is 1. The van der Waals surface area contributed by atoms with Crippen molar-refractivity contribution in [2.75, 3.05) is 7.11 Å². The summed E-state index contributed by atoms with van der Waals surface area (Å²) in [7, 11) is 1.58. The summed E-state index contributed by atoms with van der Waals surface area (Å²) in [5.41, 5.74) is 2.57. The van der Waals surface area contributed by atoms with Gasteiger partial charge in [0.05, 0.1) is 24.7 Å². The van der Waals surface area contributed by atoms with E-state index in [0.29, 0.717) is 22.7 Å². The summed E-state index contributed by atoms with van der Waals surface area (Å²) < 4.78 is 20.8. The van der Waals surface area contributed by atoms with Gasteiger partial charge in [0.25, 0.3) is 0 Å². The molecule has 0 spiro atoms. The molecule has 0 saturated heterocycles. The van der Waals surface area contributed by atoms with Crippen LogP contribution < -0.4 is 4.74 Å². The summed E-state index contributed by atoms with van der Waals surface area (Å²) in [5, 5.41) is 0. The number of methoxy groups -OCH3 is 1. The van der Waals surface area contributed by atoms with E-state index in [0.717, 1.165) is 11.1 Å². The maximum Gasteiger partial charge on any atom is 0.213 e. The van der Waals surface area contributed by atoms with E-state index in [1.165, 1.54) is 12.1 Å². The Morgan fingerprint density at radius 2 is 2.20 bits per heavy atom. The minimum atomic E-state index is -0.286. The number of hydrogen-bond donors (Lipinski definition) is 1. The van der Waals surface area contributed by atoms with Crippen molar-refractivity contribution in [1.82, 2.24) is 14.5 Å². The van der Waals surface area contributed by atoms with Crippen LogP contribution in [0.4, 0.5) is 4.39 Å². The zero-order valence-corrected chi connectivity index (χ0v) is 11.6. The van der Waals surface area contributed by atoms with Gasteiger partial charge in [-0.05, 0) is 42.0 Å².